The van der Waals surface area contributed by atoms with Gasteiger partial charge in [-0.15, -0.1) is 11.8 Å². The summed E-state index contributed by atoms with van der Waals surface area (Å²) >= 11 is 1.83. The molecule has 1 saturated heterocycles. The van der Waals surface area contributed by atoms with E-state index in [1.165, 1.54) is 4.91 Å². The van der Waals surface area contributed by atoms with Crippen molar-refractivity contribution in [2.75, 3.05) is 26.8 Å². The summed E-state index contributed by atoms with van der Waals surface area (Å²) in [5, 5.41) is 0. The van der Waals surface area contributed by atoms with Gasteiger partial charge in [0.05, 0.1) is 6.61 Å². The summed E-state index contributed by atoms with van der Waals surface area (Å²) in [6, 6.07) is 0. The summed E-state index contributed by atoms with van der Waals surface area (Å²) in [6.45, 7) is 25.5. The molecule has 1 amide bonds. The fourth-order valence-electron chi connectivity index (χ4n) is 2.56. The van der Waals surface area contributed by atoms with Crippen LogP contribution in [0.15, 0.2) is 35.8 Å². The van der Waals surface area contributed by atoms with Crippen LogP contribution in [-0.4, -0.2) is 48.1 Å². The molecule has 4 nitrogen and oxygen atoms in total. The van der Waals surface area contributed by atoms with Gasteiger partial charge in [-0.1, -0.05) is 66.3 Å². The van der Waals surface area contributed by atoms with Crippen molar-refractivity contribution < 1.29 is 14.3 Å². The largest absolute Gasteiger partial charge is 0.444 e. The number of ether oxygens (including phenoxy) is 2. The zero-order valence-electron chi connectivity index (χ0n) is 21.6. The minimum atomic E-state index is -0.458. The Bertz CT molecular complexity index is 485. The van der Waals surface area contributed by atoms with E-state index in [1.807, 2.05) is 87.1 Å². The Morgan fingerprint density at radius 1 is 1.10 bits per heavy atom. The second-order valence-electron chi connectivity index (χ2n) is 6.97. The van der Waals surface area contributed by atoms with Crippen LogP contribution >= 0.6 is 11.8 Å². The minimum Gasteiger partial charge on any atom is -0.444 e. The number of hydrogen-bond donors (Lipinski definition) is 0. The molecule has 0 atom stereocenters. The number of thioether (sulfide) groups is 1. The van der Waals surface area contributed by atoms with Gasteiger partial charge in [-0.2, -0.15) is 0 Å². The third kappa shape index (κ3) is 14.7. The van der Waals surface area contributed by atoms with Gasteiger partial charge in [-0.3, -0.25) is 0 Å². The molecule has 1 rings (SSSR count). The lowest BCUT2D eigenvalue weighted by atomic mass is 9.97. The van der Waals surface area contributed by atoms with Gasteiger partial charge in [0.2, 0.25) is 0 Å². The normalized spacial score (nSPS) is 15.6. The van der Waals surface area contributed by atoms with Crippen molar-refractivity contribution in [3.8, 4) is 0 Å². The SMILES string of the molecule is C=C/C=C\C(=C/C)SC1(COC)CCN(C(=O)OC(C)(C)C)CC1.CC.CC.CC. The second kappa shape index (κ2) is 19.7. The number of allylic oxidation sites excluding steroid dienone is 4. The van der Waals surface area contributed by atoms with Crippen molar-refractivity contribution in [1.82, 2.24) is 4.90 Å². The second-order valence-corrected chi connectivity index (χ2v) is 8.51. The van der Waals surface area contributed by atoms with Crippen LogP contribution in [0.1, 0.15) is 82.1 Å². The van der Waals surface area contributed by atoms with Gasteiger partial charge in [0, 0.05) is 29.9 Å². The smallest absolute Gasteiger partial charge is 0.410 e. The molecule has 0 saturated carbocycles. The van der Waals surface area contributed by atoms with Crippen LogP contribution in [0, 0.1) is 0 Å². The summed E-state index contributed by atoms with van der Waals surface area (Å²) in [6.07, 6.45) is 9.42. The molecule has 5 heteroatoms. The van der Waals surface area contributed by atoms with Gasteiger partial charge in [-0.05, 0) is 46.6 Å². The maximum absolute atomic E-state index is 12.2. The Hall–Kier alpha value is -1.20. The van der Waals surface area contributed by atoms with E-state index in [1.54, 1.807) is 18.1 Å². The highest BCUT2D eigenvalue weighted by Gasteiger charge is 2.38. The van der Waals surface area contributed by atoms with E-state index in [4.69, 9.17) is 9.47 Å². The Morgan fingerprint density at radius 2 is 1.60 bits per heavy atom. The maximum atomic E-state index is 12.2. The predicted molar refractivity (Wildman–Crippen MR) is 136 cm³/mol. The number of carbonyl (C=O) groups excluding carboxylic acids is 1. The minimum absolute atomic E-state index is 0.0133. The van der Waals surface area contributed by atoms with Gasteiger partial charge in [0.25, 0.3) is 0 Å². The highest BCUT2D eigenvalue weighted by atomic mass is 32.2. The molecule has 30 heavy (non-hydrogen) atoms. The highest BCUT2D eigenvalue weighted by molar-refractivity contribution is 8.04. The molecule has 0 spiro atoms. The van der Waals surface area contributed by atoms with Crippen LogP contribution in [0.5, 0.6) is 0 Å². The first-order chi connectivity index (χ1) is 14.2. The molecular formula is C25H49NO3S. The van der Waals surface area contributed by atoms with Gasteiger partial charge in [0.15, 0.2) is 0 Å². The van der Waals surface area contributed by atoms with Gasteiger partial charge in [0.1, 0.15) is 5.60 Å². The van der Waals surface area contributed by atoms with Gasteiger partial charge in [-0.25, -0.2) is 4.79 Å². The molecular weight excluding hydrogens is 394 g/mol. The molecule has 0 unspecified atom stereocenters. The number of nitrogens with zero attached hydrogens (tertiary/aromatic N) is 1. The monoisotopic (exact) mass is 443 g/mol. The van der Waals surface area contributed by atoms with Crippen LogP contribution in [0.4, 0.5) is 4.79 Å². The summed E-state index contributed by atoms with van der Waals surface area (Å²) in [4.78, 5) is 15.2. The van der Waals surface area contributed by atoms with Crippen molar-refractivity contribution in [3.05, 3.63) is 35.8 Å². The standard InChI is InChI=1S/C19H31NO3S.3C2H6/c1-7-9-10-16(8-2)24-19(15-22-6)11-13-20(14-12-19)17(21)23-18(3,4)5;3*1-2/h7-10H,1,11-15H2,2-6H3;3*1-2H3/b10-9-,16-8+;;;. The quantitative estimate of drug-likeness (QED) is 0.392. The van der Waals surface area contributed by atoms with E-state index in [2.05, 4.69) is 18.7 Å². The average Bonchev–Trinajstić information content (AvgIpc) is 2.75. The Morgan fingerprint density at radius 3 is 1.97 bits per heavy atom. The van der Waals surface area contributed by atoms with Crippen LogP contribution < -0.4 is 0 Å². The third-order valence-electron chi connectivity index (χ3n) is 3.75. The van der Waals surface area contributed by atoms with Crippen molar-refractivity contribution in [2.45, 2.75) is 92.4 Å². The van der Waals surface area contributed by atoms with Crippen LogP contribution in [0.2, 0.25) is 0 Å². The van der Waals surface area contributed by atoms with Crippen molar-refractivity contribution in [3.63, 3.8) is 0 Å². The first kappa shape index (κ1) is 33.4. The topological polar surface area (TPSA) is 38.8 Å². The van der Waals surface area contributed by atoms with Gasteiger partial charge >= 0.3 is 6.09 Å². The molecule has 1 heterocycles. The summed E-state index contributed by atoms with van der Waals surface area (Å²) in [7, 11) is 1.73. The molecule has 178 valence electrons. The third-order valence-corrected chi connectivity index (χ3v) is 5.32. The average molecular weight is 444 g/mol. The highest BCUT2D eigenvalue weighted by Crippen LogP contribution is 2.41. The number of carbonyl (C=O) groups is 1. The molecule has 0 aromatic rings. The summed E-state index contributed by atoms with van der Waals surface area (Å²) < 4.78 is 10.9. The van der Waals surface area contributed by atoms with E-state index < -0.39 is 5.60 Å². The zero-order chi connectivity index (χ0) is 24.2. The fourth-order valence-corrected chi connectivity index (χ4v) is 3.89. The van der Waals surface area contributed by atoms with E-state index in [0.29, 0.717) is 19.7 Å². The zero-order valence-corrected chi connectivity index (χ0v) is 22.4. The lowest BCUT2D eigenvalue weighted by Crippen LogP contribution is -2.48. The number of methoxy groups -OCH3 is 1. The molecule has 0 N–H and O–H groups in total. The first-order valence-corrected chi connectivity index (χ1v) is 12.2. The Labute approximate surface area is 192 Å². The molecule has 1 aliphatic rings. The maximum Gasteiger partial charge on any atom is 0.410 e. The molecule has 0 radical (unpaired) electrons. The summed E-state index contributed by atoms with van der Waals surface area (Å²) in [5.74, 6) is 0. The van der Waals surface area contributed by atoms with Crippen LogP contribution in [-0.2, 0) is 9.47 Å². The van der Waals surface area contributed by atoms with E-state index in [0.717, 1.165) is 12.8 Å². The first-order valence-electron chi connectivity index (χ1n) is 11.4. The fraction of sp³-hybridized carbons (Fsp3) is 0.720. The molecule has 1 fully saturated rings. The number of likely N-dealkylation sites (tertiary alicyclic amines) is 1. The van der Waals surface area contributed by atoms with E-state index >= 15 is 0 Å². The van der Waals surface area contributed by atoms with Crippen molar-refractivity contribution >= 4 is 17.9 Å². The molecule has 0 aromatic carbocycles. The number of amides is 1. The summed E-state index contributed by atoms with van der Waals surface area (Å²) in [5.41, 5.74) is -0.458. The lowest BCUT2D eigenvalue weighted by Gasteiger charge is -2.41. The number of piperidine rings is 1. The number of hydrogen-bond acceptors (Lipinski definition) is 4. The van der Waals surface area contributed by atoms with Gasteiger partial charge < -0.3 is 14.4 Å². The Kier molecular flexibility index (Phi) is 22.0. The van der Waals surface area contributed by atoms with Crippen LogP contribution in [0.3, 0.4) is 0 Å². The molecule has 0 aromatic heterocycles. The Balaban J connectivity index is -0.00000111. The van der Waals surface area contributed by atoms with E-state index in [-0.39, 0.29) is 10.8 Å². The number of rotatable bonds is 6. The molecule has 0 bridgehead atoms. The van der Waals surface area contributed by atoms with Crippen LogP contribution in [0.25, 0.3) is 0 Å². The van der Waals surface area contributed by atoms with Crippen molar-refractivity contribution in [1.29, 1.82) is 0 Å². The van der Waals surface area contributed by atoms with Crippen molar-refractivity contribution in [2.24, 2.45) is 0 Å². The molecule has 1 aliphatic heterocycles. The molecule has 0 aliphatic carbocycles. The predicted octanol–water partition coefficient (Wildman–Crippen LogP) is 7.86. The lowest BCUT2D eigenvalue weighted by molar-refractivity contribution is 0.0169. The van der Waals surface area contributed by atoms with E-state index in [9.17, 15) is 4.79 Å².